The lowest BCUT2D eigenvalue weighted by Gasteiger charge is -2.42. The summed E-state index contributed by atoms with van der Waals surface area (Å²) in [5.41, 5.74) is 9.69. The van der Waals surface area contributed by atoms with Gasteiger partial charge in [0.15, 0.2) is 5.72 Å². The summed E-state index contributed by atoms with van der Waals surface area (Å²) in [6.45, 7) is 6.53. The number of nitrogens with two attached hydrogens (primary N) is 2. The van der Waals surface area contributed by atoms with Crippen molar-refractivity contribution in [1.29, 1.82) is 0 Å². The number of urea groups is 1. The maximum absolute atomic E-state index is 14.5. The number of halogens is 1. The Balaban J connectivity index is 1.32. The number of likely N-dealkylation sites (N-methyl/N-ethyl adjacent to an activating group) is 1. The highest BCUT2D eigenvalue weighted by molar-refractivity contribution is 7.98. The van der Waals surface area contributed by atoms with Gasteiger partial charge in [-0.15, -0.1) is 0 Å². The summed E-state index contributed by atoms with van der Waals surface area (Å²) >= 11 is 8.17. The molecule has 1 aromatic carbocycles. The van der Waals surface area contributed by atoms with Gasteiger partial charge >= 0.3 is 18.1 Å². The molecule has 4 bridgehead atoms. The largest absolute Gasteiger partial charge is 0.495 e. The Hall–Kier alpha value is -7.31. The van der Waals surface area contributed by atoms with Crippen molar-refractivity contribution >= 4 is 94.4 Å². The van der Waals surface area contributed by atoms with E-state index in [1.807, 2.05) is 6.92 Å². The third-order valence-electron chi connectivity index (χ3n) is 15.5. The summed E-state index contributed by atoms with van der Waals surface area (Å²) in [7, 11) is 5.57. The van der Waals surface area contributed by atoms with E-state index in [0.29, 0.717) is 30.6 Å². The average Bonchev–Trinajstić information content (AvgIpc) is 1.61. The van der Waals surface area contributed by atoms with E-state index in [1.165, 1.54) is 51.9 Å². The van der Waals surface area contributed by atoms with Crippen LogP contribution in [0.25, 0.3) is 0 Å². The number of carbonyl (C=O) groups is 11. The van der Waals surface area contributed by atoms with Gasteiger partial charge in [-0.2, -0.15) is 11.8 Å². The molecule has 30 heteroatoms. The molecule has 1 aromatic rings. The second-order valence-corrected chi connectivity index (χ2v) is 23.3. The van der Waals surface area contributed by atoms with Crippen LogP contribution < -0.4 is 53.0 Å². The molecule has 0 aliphatic carbocycles. The number of aliphatic hydroxyl groups is 1. The number of amides is 11. The zero-order valence-corrected chi connectivity index (χ0v) is 52.0. The molecule has 11 N–H and O–H groups in total. The molecule has 2 fully saturated rings. The fourth-order valence-corrected chi connectivity index (χ4v) is 10.9. The van der Waals surface area contributed by atoms with Crippen LogP contribution in [0.3, 0.4) is 0 Å². The Morgan fingerprint density at radius 3 is 2.26 bits per heavy atom. The molecule has 0 spiro atoms. The number of benzene rings is 1. The summed E-state index contributed by atoms with van der Waals surface area (Å²) in [5, 5.41) is 27.4. The molecule has 480 valence electrons. The number of carbonyl (C=O) groups excluding carboxylic acids is 11. The number of methoxy groups -OCH3 is 2. The summed E-state index contributed by atoms with van der Waals surface area (Å²) < 4.78 is 29.5. The number of anilines is 1. The van der Waals surface area contributed by atoms with Gasteiger partial charge in [-0.25, -0.2) is 14.4 Å². The molecule has 28 nitrogen and oxygen atoms in total. The Bertz CT molecular complexity index is 2820. The van der Waals surface area contributed by atoms with Crippen molar-refractivity contribution in [3.8, 4) is 5.75 Å². The predicted molar refractivity (Wildman–Crippen MR) is 318 cm³/mol. The van der Waals surface area contributed by atoms with Crippen LogP contribution in [0.2, 0.25) is 5.02 Å². The Labute approximate surface area is 514 Å². The van der Waals surface area contributed by atoms with Gasteiger partial charge in [0.2, 0.25) is 35.4 Å². The molecule has 4 aliphatic rings. The molecule has 11 atom stereocenters. The van der Waals surface area contributed by atoms with E-state index in [-0.39, 0.29) is 68.3 Å². The standard InChI is InChI=1S/C57H82ClN11O17S/c1-31-13-12-15-41(83-8)57(81)30-40(84-55(80)66-57)32(2)49-56(4,86-49)42(29-47(74)68(6)38-26-34(25-31)27-39(82-7)48(38)58)85-53(78)33(3)67(5)54(79)65-36(19-24-87-9)51(76)64-37(28-43(60)70)52(77)63-35(14-10-11-20-59)50(75)62-22-21-61-44(71)18-23-69-45(72)16-17-46(69)73/h12-13,15-17,26-27,32-33,35-37,40-42,49,81H,10-11,14,18-25,28-30,59H2,1-9H3,(H2,60,70)(H,61,71)(H,62,75)(H,63,77)(H,64,76)(H,65,79)(H,66,80)/b15-12+,31-13+/t32?,33-,35?,36?,37?,40?,41?,42?,49?,56?,57?/m0/s1. The Morgan fingerprint density at radius 2 is 1.62 bits per heavy atom. The highest BCUT2D eigenvalue weighted by Gasteiger charge is 2.64. The smallest absolute Gasteiger partial charge is 0.409 e. The number of rotatable bonds is 26. The van der Waals surface area contributed by atoms with Crippen molar-refractivity contribution in [3.05, 3.63) is 58.7 Å². The van der Waals surface area contributed by atoms with Crippen LogP contribution >= 0.6 is 23.4 Å². The van der Waals surface area contributed by atoms with Crippen LogP contribution in [-0.4, -0.2) is 207 Å². The molecule has 87 heavy (non-hydrogen) atoms. The normalized spacial score (nSPS) is 25.1. The van der Waals surface area contributed by atoms with Crippen LogP contribution in [0.1, 0.15) is 84.6 Å². The molecule has 5 rings (SSSR count). The van der Waals surface area contributed by atoms with Gasteiger partial charge < -0.3 is 76.6 Å². The topological polar surface area (TPSA) is 391 Å². The van der Waals surface area contributed by atoms with Crippen molar-refractivity contribution in [2.24, 2.45) is 17.4 Å². The minimum Gasteiger partial charge on any atom is -0.495 e. The molecule has 11 amide bonds. The zero-order valence-electron chi connectivity index (χ0n) is 50.4. The third-order valence-corrected chi connectivity index (χ3v) is 16.5. The Morgan fingerprint density at radius 1 is 0.966 bits per heavy atom. The van der Waals surface area contributed by atoms with Crippen molar-refractivity contribution in [3.63, 3.8) is 0 Å². The summed E-state index contributed by atoms with van der Waals surface area (Å²) in [5.74, 6) is -6.81. The highest BCUT2D eigenvalue weighted by Crippen LogP contribution is 2.49. The molecule has 0 radical (unpaired) electrons. The van der Waals surface area contributed by atoms with E-state index < -0.39 is 144 Å². The van der Waals surface area contributed by atoms with Crippen molar-refractivity contribution < 1.29 is 81.5 Å². The first-order valence-electron chi connectivity index (χ1n) is 28.4. The number of nitrogens with one attached hydrogen (secondary N) is 6. The minimum absolute atomic E-state index is 0.0165. The number of imide groups is 1. The first-order chi connectivity index (χ1) is 41.1. The van der Waals surface area contributed by atoms with Crippen LogP contribution in [0, 0.1) is 5.92 Å². The van der Waals surface area contributed by atoms with Gasteiger partial charge in [-0.1, -0.05) is 42.3 Å². The van der Waals surface area contributed by atoms with Crippen LogP contribution in [0.4, 0.5) is 15.3 Å². The third kappa shape index (κ3) is 19.1. The average molecular weight is 1260 g/mol. The van der Waals surface area contributed by atoms with E-state index in [4.69, 9.17) is 46.8 Å². The van der Waals surface area contributed by atoms with Gasteiger partial charge in [0.1, 0.15) is 58.9 Å². The highest BCUT2D eigenvalue weighted by atomic mass is 35.5. The van der Waals surface area contributed by atoms with Crippen molar-refractivity contribution in [2.75, 3.05) is 71.4 Å². The number of epoxide rings is 1. The molecule has 0 saturated carbocycles. The van der Waals surface area contributed by atoms with Gasteiger partial charge in [-0.3, -0.25) is 48.6 Å². The second kappa shape index (κ2) is 32.1. The number of fused-ring (bicyclic) bond motifs is 5. The van der Waals surface area contributed by atoms with Crippen LogP contribution in [0.15, 0.2) is 48.1 Å². The van der Waals surface area contributed by atoms with Gasteiger partial charge in [0.25, 0.3) is 11.8 Å². The maximum atomic E-state index is 14.5. The lowest BCUT2D eigenvalue weighted by molar-refractivity contribution is -0.158. The van der Waals surface area contributed by atoms with E-state index in [2.05, 4.69) is 31.9 Å². The van der Waals surface area contributed by atoms with Crippen molar-refractivity contribution in [2.45, 2.75) is 145 Å². The fourth-order valence-electron chi connectivity index (χ4n) is 10.1. The Kier molecular flexibility index (Phi) is 26.0. The van der Waals surface area contributed by atoms with E-state index in [9.17, 15) is 57.8 Å². The van der Waals surface area contributed by atoms with Crippen LogP contribution in [0.5, 0.6) is 5.75 Å². The van der Waals surface area contributed by atoms with Gasteiger partial charge in [0.05, 0.1) is 31.7 Å². The molecule has 4 aliphatic heterocycles. The molecule has 0 aromatic heterocycles. The number of hydrogen-bond donors (Lipinski definition) is 9. The number of ether oxygens (including phenoxy) is 5. The number of unbranched alkanes of at least 4 members (excludes halogenated alkanes) is 1. The van der Waals surface area contributed by atoms with Gasteiger partial charge in [-0.05, 0) is 89.1 Å². The summed E-state index contributed by atoms with van der Waals surface area (Å²) in [4.78, 5) is 149. The molecule has 2 saturated heterocycles. The quantitative estimate of drug-likeness (QED) is 0.0261. The lowest BCUT2D eigenvalue weighted by atomic mass is 9.83. The monoisotopic (exact) mass is 1260 g/mol. The number of allylic oxidation sites excluding steroid dienone is 3. The number of primary amides is 1. The number of alkyl carbamates (subject to hydrolysis) is 1. The fraction of sp³-hybridized carbons (Fsp3) is 0.596. The molecular weight excluding hydrogens is 1180 g/mol. The second-order valence-electron chi connectivity index (χ2n) is 21.9. The minimum atomic E-state index is -1.95. The SMILES string of the molecule is COc1cc2cc(c1Cl)N(C)C(=O)CC(OC(=O)[C@H](C)N(C)C(=O)NC(CCSC)C(=O)NC(CC(N)=O)C(=O)NC(CCCCN)C(=O)NCCNC(=O)CCN1C(=O)C=CC1=O)C1(C)OC1C(C)C1CC(O)(NC(=O)O1)C(OC)/C=C/C=C(\C)C2. The van der Waals surface area contributed by atoms with E-state index in [0.717, 1.165) is 27.5 Å². The number of hydrogen-bond acceptors (Lipinski definition) is 19. The van der Waals surface area contributed by atoms with Crippen molar-refractivity contribution in [1.82, 2.24) is 41.7 Å². The zero-order chi connectivity index (χ0) is 64.5. The van der Waals surface area contributed by atoms with Gasteiger partial charge in [0, 0.05) is 71.8 Å². The summed E-state index contributed by atoms with van der Waals surface area (Å²) in [6, 6.07) is -3.16. The van der Waals surface area contributed by atoms with E-state index in [1.54, 1.807) is 50.5 Å². The number of thioether (sulfide) groups is 1. The van der Waals surface area contributed by atoms with E-state index >= 15 is 0 Å². The number of esters is 1. The number of nitrogens with zero attached hydrogens (tertiary/aromatic N) is 3. The molecule has 4 heterocycles. The maximum Gasteiger partial charge on any atom is 0.409 e. The first kappa shape index (κ1) is 70.5. The van der Waals surface area contributed by atoms with Crippen LogP contribution in [-0.2, 0) is 68.5 Å². The first-order valence-corrected chi connectivity index (χ1v) is 30.2. The summed E-state index contributed by atoms with van der Waals surface area (Å²) in [6.07, 6.45) is 3.58. The molecular formula is C57H82ClN11O17S. The molecule has 10 unspecified atom stereocenters. The lowest BCUT2D eigenvalue weighted by Crippen LogP contribution is -2.63. The predicted octanol–water partition coefficient (Wildman–Crippen LogP) is 0.341.